The van der Waals surface area contributed by atoms with Crippen molar-refractivity contribution in [2.75, 3.05) is 6.54 Å². The fourth-order valence-electron chi connectivity index (χ4n) is 2.46. The minimum absolute atomic E-state index is 0. The Morgan fingerprint density at radius 1 is 0.846 bits per heavy atom. The topological polar surface area (TPSA) is 41.1 Å². The van der Waals surface area contributed by atoms with Crippen LogP contribution in [0.2, 0.25) is 0 Å². The van der Waals surface area contributed by atoms with Gasteiger partial charge in [-0.1, -0.05) is 84.5 Å². The first-order valence-corrected chi connectivity index (χ1v) is 10.7. The zero-order valence-corrected chi connectivity index (χ0v) is 19.4. The molecule has 0 aromatic carbocycles. The number of carbonyl (C=O) groups is 1. The zero-order chi connectivity index (χ0) is 19.3. The SMILES string of the molecule is [CH2-]CC.[CH2-]CC(C)C(C)NC(=O)NCCCCCCCCCCCC.[Cr+2]. The molecule has 0 aromatic heterocycles. The van der Waals surface area contributed by atoms with Crippen LogP contribution in [0, 0.1) is 19.8 Å². The number of carbonyl (C=O) groups excluding carboxylic acids is 1. The molecule has 3 nitrogen and oxygen atoms in total. The van der Waals surface area contributed by atoms with Gasteiger partial charge in [-0.3, -0.25) is 0 Å². The fraction of sp³-hybridized carbons (Fsp3) is 0.864. The zero-order valence-electron chi connectivity index (χ0n) is 18.1. The van der Waals surface area contributed by atoms with Crippen molar-refractivity contribution < 1.29 is 22.2 Å². The van der Waals surface area contributed by atoms with Crippen molar-refractivity contribution in [2.45, 2.75) is 111 Å². The third-order valence-corrected chi connectivity index (χ3v) is 4.48. The van der Waals surface area contributed by atoms with Crippen molar-refractivity contribution in [3.8, 4) is 0 Å². The van der Waals surface area contributed by atoms with Crippen molar-refractivity contribution in [3.05, 3.63) is 13.8 Å². The maximum Gasteiger partial charge on any atom is 2.00 e. The molecule has 0 aliphatic rings. The molecule has 0 saturated heterocycles. The summed E-state index contributed by atoms with van der Waals surface area (Å²) in [5.41, 5.74) is 0. The van der Waals surface area contributed by atoms with Crippen LogP contribution in [-0.2, 0) is 17.4 Å². The number of rotatable bonds is 14. The van der Waals surface area contributed by atoms with E-state index in [1.165, 1.54) is 57.8 Å². The van der Waals surface area contributed by atoms with Gasteiger partial charge in [0.15, 0.2) is 0 Å². The molecular formula is C22H46CrN2O. The molecule has 4 heteroatoms. The smallest absolute Gasteiger partial charge is 0.344 e. The van der Waals surface area contributed by atoms with Crippen LogP contribution in [0.3, 0.4) is 0 Å². The monoisotopic (exact) mass is 406 g/mol. The fourth-order valence-corrected chi connectivity index (χ4v) is 2.46. The molecule has 0 aromatic rings. The Bertz CT molecular complexity index is 275. The molecule has 0 rings (SSSR count). The van der Waals surface area contributed by atoms with Gasteiger partial charge in [0.05, 0.1) is 0 Å². The second-order valence-corrected chi connectivity index (χ2v) is 7.14. The molecule has 0 fully saturated rings. The van der Waals surface area contributed by atoms with Gasteiger partial charge < -0.3 is 24.5 Å². The summed E-state index contributed by atoms with van der Waals surface area (Å²) in [6.45, 7) is 16.6. The van der Waals surface area contributed by atoms with Crippen molar-refractivity contribution in [1.82, 2.24) is 10.6 Å². The Kier molecular flexibility index (Phi) is 29.1. The van der Waals surface area contributed by atoms with E-state index in [0.717, 1.165) is 25.8 Å². The van der Waals surface area contributed by atoms with Crippen LogP contribution in [0.25, 0.3) is 0 Å². The van der Waals surface area contributed by atoms with Crippen LogP contribution in [0.1, 0.15) is 105 Å². The molecule has 0 heterocycles. The van der Waals surface area contributed by atoms with Gasteiger partial charge in [-0.15, -0.1) is 0 Å². The van der Waals surface area contributed by atoms with Gasteiger partial charge in [-0.25, -0.2) is 4.79 Å². The van der Waals surface area contributed by atoms with E-state index in [2.05, 4.69) is 38.3 Å². The number of unbranched alkanes of at least 4 members (excludes halogenated alkanes) is 9. The van der Waals surface area contributed by atoms with E-state index in [1.54, 1.807) is 0 Å². The van der Waals surface area contributed by atoms with Crippen molar-refractivity contribution in [3.63, 3.8) is 0 Å². The molecule has 0 radical (unpaired) electrons. The summed E-state index contributed by atoms with van der Waals surface area (Å²) in [5.74, 6) is 0.420. The third-order valence-electron chi connectivity index (χ3n) is 4.48. The third kappa shape index (κ3) is 23.8. The summed E-state index contributed by atoms with van der Waals surface area (Å²) < 4.78 is 0. The van der Waals surface area contributed by atoms with Gasteiger partial charge >= 0.3 is 23.4 Å². The maximum atomic E-state index is 11.7. The van der Waals surface area contributed by atoms with Crippen molar-refractivity contribution in [1.29, 1.82) is 0 Å². The van der Waals surface area contributed by atoms with Crippen LogP contribution >= 0.6 is 0 Å². The molecule has 26 heavy (non-hydrogen) atoms. The van der Waals surface area contributed by atoms with Gasteiger partial charge in [0.1, 0.15) is 0 Å². The summed E-state index contributed by atoms with van der Waals surface area (Å²) in [7, 11) is 0. The molecule has 156 valence electrons. The van der Waals surface area contributed by atoms with Gasteiger partial charge in [-0.05, 0) is 13.3 Å². The Hall–Kier alpha value is -0.198. The van der Waals surface area contributed by atoms with E-state index in [9.17, 15) is 4.79 Å². The molecular weight excluding hydrogens is 360 g/mol. The Morgan fingerprint density at radius 2 is 1.27 bits per heavy atom. The summed E-state index contributed by atoms with van der Waals surface area (Å²) in [4.78, 5) is 11.7. The van der Waals surface area contributed by atoms with Gasteiger partial charge in [-0.2, -0.15) is 12.8 Å². The predicted octanol–water partition coefficient (Wildman–Crippen LogP) is 6.68. The van der Waals surface area contributed by atoms with Crippen LogP contribution in [0.15, 0.2) is 0 Å². The minimum Gasteiger partial charge on any atom is -0.344 e. The number of urea groups is 1. The van der Waals surface area contributed by atoms with Gasteiger partial charge in [0.2, 0.25) is 0 Å². The number of hydrogen-bond acceptors (Lipinski definition) is 1. The maximum absolute atomic E-state index is 11.7. The minimum atomic E-state index is -0.0382. The first-order valence-electron chi connectivity index (χ1n) is 10.7. The van der Waals surface area contributed by atoms with Crippen LogP contribution in [-0.4, -0.2) is 18.6 Å². The summed E-state index contributed by atoms with van der Waals surface area (Å²) in [6, 6.07) is 0.147. The number of amides is 2. The largest absolute Gasteiger partial charge is 2.00 e. The quantitative estimate of drug-likeness (QED) is 0.245. The normalized spacial score (nSPS) is 12.2. The molecule has 2 N–H and O–H groups in total. The van der Waals surface area contributed by atoms with Crippen molar-refractivity contribution in [2.24, 2.45) is 5.92 Å². The summed E-state index contributed by atoms with van der Waals surface area (Å²) in [6.07, 6.45) is 15.1. The molecule has 2 unspecified atom stereocenters. The second-order valence-electron chi connectivity index (χ2n) is 7.14. The summed E-state index contributed by atoms with van der Waals surface area (Å²) in [5, 5.41) is 5.92. The van der Waals surface area contributed by atoms with Gasteiger partial charge in [0, 0.05) is 12.6 Å². The Morgan fingerprint density at radius 3 is 1.69 bits per heavy atom. The first kappa shape index (κ1) is 30.5. The van der Waals surface area contributed by atoms with E-state index >= 15 is 0 Å². The van der Waals surface area contributed by atoms with E-state index < -0.39 is 0 Å². The van der Waals surface area contributed by atoms with E-state index in [4.69, 9.17) is 0 Å². The average Bonchev–Trinajstić information content (AvgIpc) is 2.59. The Labute approximate surface area is 176 Å². The predicted molar refractivity (Wildman–Crippen MR) is 113 cm³/mol. The standard InChI is InChI=1S/C19H39N2O.C3H7.Cr/c1-5-7-8-9-10-11-12-13-14-15-16-20-19(22)21-18(4)17(3)6-2;1-3-2;/h17-18H,2,5-16H2,1,3-4H3,(H2,20,21,22);1,3H2,2H3;/q2*-1;+2. The second kappa shape index (κ2) is 24.8. The molecule has 0 aliphatic carbocycles. The van der Waals surface area contributed by atoms with Crippen LogP contribution in [0.5, 0.6) is 0 Å². The van der Waals surface area contributed by atoms with Crippen LogP contribution in [0.4, 0.5) is 4.79 Å². The van der Waals surface area contributed by atoms with Crippen LogP contribution < -0.4 is 10.6 Å². The Balaban J connectivity index is -0.00000123. The molecule has 0 aliphatic heterocycles. The van der Waals surface area contributed by atoms with E-state index in [0.29, 0.717) is 5.92 Å². The first-order chi connectivity index (χ1) is 12.0. The van der Waals surface area contributed by atoms with Crippen molar-refractivity contribution >= 4 is 6.03 Å². The van der Waals surface area contributed by atoms with E-state index in [1.807, 2.05) is 13.8 Å². The van der Waals surface area contributed by atoms with E-state index in [-0.39, 0.29) is 29.4 Å². The molecule has 0 spiro atoms. The summed E-state index contributed by atoms with van der Waals surface area (Å²) >= 11 is 0. The molecule has 2 atom stereocenters. The average molecular weight is 407 g/mol. The number of nitrogens with one attached hydrogen (secondary N) is 2. The molecule has 0 saturated carbocycles. The van der Waals surface area contributed by atoms with Gasteiger partial charge in [0.25, 0.3) is 0 Å². The molecule has 0 bridgehead atoms. The number of hydrogen-bond donors (Lipinski definition) is 2. The molecule has 2 amide bonds.